The highest BCUT2D eigenvalue weighted by atomic mass is 16.5. The lowest BCUT2D eigenvalue weighted by atomic mass is 10.1. The van der Waals surface area contributed by atoms with Gasteiger partial charge in [-0.05, 0) is 69.9 Å². The predicted molar refractivity (Wildman–Crippen MR) is 153 cm³/mol. The van der Waals surface area contributed by atoms with Crippen molar-refractivity contribution >= 4 is 5.97 Å². The van der Waals surface area contributed by atoms with Crippen molar-refractivity contribution in [2.24, 2.45) is 0 Å². The van der Waals surface area contributed by atoms with E-state index in [0.717, 1.165) is 44.2 Å². The average molecular weight is 536 g/mol. The van der Waals surface area contributed by atoms with Crippen LogP contribution in [0.4, 0.5) is 0 Å². The van der Waals surface area contributed by atoms with Crippen LogP contribution in [0.2, 0.25) is 0 Å². The largest absolute Gasteiger partial charge is 0.469 e. The van der Waals surface area contributed by atoms with E-state index in [1.165, 1.54) is 63.6 Å². The third kappa shape index (κ3) is 9.60. The van der Waals surface area contributed by atoms with E-state index in [1.54, 1.807) is 12.4 Å². The number of rotatable bonds is 16. The quantitative estimate of drug-likeness (QED) is 0.206. The number of aromatic amines is 2. The van der Waals surface area contributed by atoms with E-state index >= 15 is 0 Å². The van der Waals surface area contributed by atoms with Crippen molar-refractivity contribution < 1.29 is 9.53 Å². The van der Waals surface area contributed by atoms with Crippen LogP contribution in [-0.4, -0.2) is 80.4 Å². The Balaban J connectivity index is 1.33. The van der Waals surface area contributed by atoms with Crippen LogP contribution < -0.4 is 0 Å². The molecule has 3 aromatic rings. The lowest BCUT2D eigenvalue weighted by molar-refractivity contribution is -0.141. The molecule has 0 saturated carbocycles. The molecule has 2 aromatic heterocycles. The first-order valence-corrected chi connectivity index (χ1v) is 14.4. The Hall–Kier alpha value is -3.01. The first-order chi connectivity index (χ1) is 19.1. The van der Waals surface area contributed by atoms with Crippen molar-refractivity contribution in [3.63, 3.8) is 0 Å². The second-order valence-corrected chi connectivity index (χ2v) is 10.6. The SMILES string of the molecule is COC(=O)CCN(CCCCN1CCCCC1)Cc1ccc(CN(Cc2ncc[nH]2)C(C)c2ncc[nH]2)cc1. The highest BCUT2D eigenvalue weighted by Gasteiger charge is 2.20. The molecule has 9 heteroatoms. The van der Waals surface area contributed by atoms with Gasteiger partial charge in [-0.25, -0.2) is 9.97 Å². The number of esters is 1. The number of nitrogens with zero attached hydrogens (tertiary/aromatic N) is 5. The summed E-state index contributed by atoms with van der Waals surface area (Å²) in [5, 5.41) is 0. The summed E-state index contributed by atoms with van der Waals surface area (Å²) in [5.41, 5.74) is 2.50. The fourth-order valence-corrected chi connectivity index (χ4v) is 5.30. The number of benzene rings is 1. The molecule has 0 amide bonds. The van der Waals surface area contributed by atoms with Crippen LogP contribution in [-0.2, 0) is 29.2 Å². The molecular formula is C30H45N7O2. The van der Waals surface area contributed by atoms with E-state index in [9.17, 15) is 4.79 Å². The molecule has 212 valence electrons. The van der Waals surface area contributed by atoms with Crippen LogP contribution >= 0.6 is 0 Å². The second-order valence-electron chi connectivity index (χ2n) is 10.6. The summed E-state index contributed by atoms with van der Waals surface area (Å²) in [4.78, 5) is 34.6. The topological polar surface area (TPSA) is 93.4 Å². The minimum Gasteiger partial charge on any atom is -0.469 e. The number of unbranched alkanes of at least 4 members (excludes halogenated alkanes) is 1. The summed E-state index contributed by atoms with van der Waals surface area (Å²) >= 11 is 0. The number of likely N-dealkylation sites (tertiary alicyclic amines) is 1. The van der Waals surface area contributed by atoms with Gasteiger partial charge in [0.2, 0.25) is 0 Å². The molecule has 1 saturated heterocycles. The fourth-order valence-electron chi connectivity index (χ4n) is 5.30. The van der Waals surface area contributed by atoms with E-state index in [0.29, 0.717) is 13.0 Å². The average Bonchev–Trinajstić information content (AvgIpc) is 3.69. The van der Waals surface area contributed by atoms with Crippen molar-refractivity contribution in [2.45, 2.75) is 71.1 Å². The minimum atomic E-state index is -0.147. The zero-order valence-corrected chi connectivity index (χ0v) is 23.6. The number of piperidine rings is 1. The van der Waals surface area contributed by atoms with Crippen molar-refractivity contribution in [1.82, 2.24) is 34.6 Å². The van der Waals surface area contributed by atoms with Crippen molar-refractivity contribution in [1.29, 1.82) is 0 Å². The molecule has 0 spiro atoms. The van der Waals surface area contributed by atoms with E-state index in [2.05, 4.69) is 65.8 Å². The molecule has 1 aliphatic rings. The normalized spacial score (nSPS) is 15.2. The van der Waals surface area contributed by atoms with Crippen LogP contribution in [0.3, 0.4) is 0 Å². The van der Waals surface area contributed by atoms with Gasteiger partial charge in [0.25, 0.3) is 0 Å². The molecule has 9 nitrogen and oxygen atoms in total. The zero-order chi connectivity index (χ0) is 27.3. The molecule has 39 heavy (non-hydrogen) atoms. The van der Waals surface area contributed by atoms with Gasteiger partial charge in [0.1, 0.15) is 11.6 Å². The number of aromatic nitrogens is 4. The maximum Gasteiger partial charge on any atom is 0.306 e. The third-order valence-corrected chi connectivity index (χ3v) is 7.69. The Labute approximate surface area is 233 Å². The van der Waals surface area contributed by atoms with Crippen LogP contribution in [0.1, 0.15) is 74.3 Å². The summed E-state index contributed by atoms with van der Waals surface area (Å²) in [5.74, 6) is 1.73. The number of nitrogens with one attached hydrogen (secondary N) is 2. The standard InChI is InChI=1S/C30H45N7O2/c1-25(30-33-15-16-34-30)37(24-28-31-13-14-32-28)23-27-10-8-26(9-11-27)22-36(21-12-29(38)39-2)20-7-6-19-35-17-4-3-5-18-35/h8-11,13-16,25H,3-7,12,17-24H2,1-2H3,(H,31,32)(H,33,34). The molecule has 1 unspecified atom stereocenters. The highest BCUT2D eigenvalue weighted by molar-refractivity contribution is 5.69. The highest BCUT2D eigenvalue weighted by Crippen LogP contribution is 2.22. The Kier molecular flexibility index (Phi) is 11.6. The minimum absolute atomic E-state index is 0.114. The van der Waals surface area contributed by atoms with Crippen LogP contribution in [0, 0.1) is 0 Å². The van der Waals surface area contributed by atoms with Gasteiger partial charge in [0, 0.05) is 44.4 Å². The molecule has 1 aromatic carbocycles. The molecule has 1 aliphatic heterocycles. The number of methoxy groups -OCH3 is 1. The number of H-pyrrole nitrogens is 2. The number of imidazole rings is 2. The Bertz CT molecular complexity index is 1060. The van der Waals surface area contributed by atoms with Gasteiger partial charge in [-0.3, -0.25) is 14.6 Å². The Morgan fingerprint density at radius 3 is 2.33 bits per heavy atom. The molecule has 0 aliphatic carbocycles. The maximum atomic E-state index is 11.8. The van der Waals surface area contributed by atoms with Crippen molar-refractivity contribution in [3.8, 4) is 0 Å². The lowest BCUT2D eigenvalue weighted by Crippen LogP contribution is -2.32. The Morgan fingerprint density at radius 2 is 1.67 bits per heavy atom. The maximum absolute atomic E-state index is 11.8. The summed E-state index contributed by atoms with van der Waals surface area (Å²) in [7, 11) is 1.46. The molecule has 2 N–H and O–H groups in total. The number of hydrogen-bond donors (Lipinski definition) is 2. The smallest absolute Gasteiger partial charge is 0.306 e. The van der Waals surface area contributed by atoms with Crippen molar-refractivity contribution in [3.05, 3.63) is 71.8 Å². The lowest BCUT2D eigenvalue weighted by Gasteiger charge is -2.28. The summed E-state index contributed by atoms with van der Waals surface area (Å²) < 4.78 is 4.90. The zero-order valence-electron chi connectivity index (χ0n) is 23.6. The summed E-state index contributed by atoms with van der Waals surface area (Å²) in [6.45, 7) is 9.88. The first kappa shape index (κ1) is 29.0. The van der Waals surface area contributed by atoms with Gasteiger partial charge < -0.3 is 19.6 Å². The number of ether oxygens (including phenoxy) is 1. The van der Waals surface area contributed by atoms with Crippen molar-refractivity contribution in [2.75, 3.05) is 39.8 Å². The van der Waals surface area contributed by atoms with E-state index in [1.807, 2.05) is 12.4 Å². The fraction of sp³-hybridized carbons (Fsp3) is 0.567. The van der Waals surface area contributed by atoms with E-state index < -0.39 is 0 Å². The summed E-state index contributed by atoms with van der Waals surface area (Å²) in [6, 6.07) is 8.99. The predicted octanol–water partition coefficient (Wildman–Crippen LogP) is 4.53. The van der Waals surface area contributed by atoms with Gasteiger partial charge in [-0.2, -0.15) is 0 Å². The monoisotopic (exact) mass is 535 g/mol. The van der Waals surface area contributed by atoms with Gasteiger partial charge >= 0.3 is 5.97 Å². The molecule has 0 bridgehead atoms. The van der Waals surface area contributed by atoms with Crippen LogP contribution in [0.15, 0.2) is 49.1 Å². The van der Waals surface area contributed by atoms with Crippen LogP contribution in [0.25, 0.3) is 0 Å². The van der Waals surface area contributed by atoms with Crippen LogP contribution in [0.5, 0.6) is 0 Å². The molecule has 3 heterocycles. The first-order valence-electron chi connectivity index (χ1n) is 14.4. The molecule has 1 atom stereocenters. The van der Waals surface area contributed by atoms with Gasteiger partial charge in [0.05, 0.1) is 26.1 Å². The molecular weight excluding hydrogens is 490 g/mol. The number of carbonyl (C=O) groups is 1. The number of hydrogen-bond acceptors (Lipinski definition) is 7. The molecule has 0 radical (unpaired) electrons. The number of carbonyl (C=O) groups excluding carboxylic acids is 1. The Morgan fingerprint density at radius 1 is 0.949 bits per heavy atom. The molecule has 1 fully saturated rings. The second kappa shape index (κ2) is 15.5. The van der Waals surface area contributed by atoms with E-state index in [-0.39, 0.29) is 12.0 Å². The van der Waals surface area contributed by atoms with Gasteiger partial charge in [-0.1, -0.05) is 30.7 Å². The summed E-state index contributed by atoms with van der Waals surface area (Å²) in [6.07, 6.45) is 14.1. The van der Waals surface area contributed by atoms with E-state index in [4.69, 9.17) is 4.74 Å². The van der Waals surface area contributed by atoms with Gasteiger partial charge in [0.15, 0.2) is 0 Å². The van der Waals surface area contributed by atoms with Gasteiger partial charge in [-0.15, -0.1) is 0 Å². The third-order valence-electron chi connectivity index (χ3n) is 7.69. The molecule has 4 rings (SSSR count).